The molecule has 110 valence electrons. The van der Waals surface area contributed by atoms with Gasteiger partial charge in [0.25, 0.3) is 0 Å². The maximum atomic E-state index is 10.4. The van der Waals surface area contributed by atoms with E-state index in [9.17, 15) is 5.11 Å². The van der Waals surface area contributed by atoms with Crippen LogP contribution in [0.2, 0.25) is 0 Å². The number of fused-ring (bicyclic) bond motifs is 1. The second kappa shape index (κ2) is 6.94. The predicted octanol–water partition coefficient (Wildman–Crippen LogP) is 5.38. The maximum Gasteiger partial charge on any atom is 0.134 e. The lowest BCUT2D eigenvalue weighted by molar-refractivity contribution is 0.117. The highest BCUT2D eigenvalue weighted by Crippen LogP contribution is 2.30. The highest BCUT2D eigenvalue weighted by molar-refractivity contribution is 5.78. The minimum Gasteiger partial charge on any atom is -0.458 e. The third-order valence-electron chi connectivity index (χ3n) is 4.12. The van der Waals surface area contributed by atoms with Gasteiger partial charge in [-0.25, -0.2) is 0 Å². The highest BCUT2D eigenvalue weighted by Gasteiger charge is 2.18. The molecule has 2 rings (SSSR count). The first kappa shape index (κ1) is 15.1. The van der Waals surface area contributed by atoms with Gasteiger partial charge in [-0.2, -0.15) is 0 Å². The summed E-state index contributed by atoms with van der Waals surface area (Å²) in [6.07, 6.45) is 5.10. The van der Waals surface area contributed by atoms with Gasteiger partial charge in [0, 0.05) is 5.39 Å². The molecule has 0 saturated carbocycles. The molecule has 0 aliphatic heterocycles. The van der Waals surface area contributed by atoms with Gasteiger partial charge in [-0.15, -0.1) is 0 Å². The van der Waals surface area contributed by atoms with E-state index in [1.165, 1.54) is 24.8 Å². The minimum atomic E-state index is -0.482. The topological polar surface area (TPSA) is 33.4 Å². The molecule has 0 fully saturated rings. The summed E-state index contributed by atoms with van der Waals surface area (Å²) in [5.74, 6) is 1.29. The van der Waals surface area contributed by atoms with Crippen LogP contribution in [-0.4, -0.2) is 5.11 Å². The minimum absolute atomic E-state index is 0.482. The number of hydrogen-bond donors (Lipinski definition) is 1. The Balaban J connectivity index is 2.08. The monoisotopic (exact) mass is 274 g/mol. The van der Waals surface area contributed by atoms with E-state index in [0.717, 1.165) is 23.8 Å². The summed E-state index contributed by atoms with van der Waals surface area (Å²) in [6.45, 7) is 6.49. The van der Waals surface area contributed by atoms with Crippen molar-refractivity contribution in [2.45, 2.75) is 59.0 Å². The molecule has 2 heteroatoms. The normalized spacial score (nSPS) is 14.6. The molecule has 2 nitrogen and oxygen atoms in total. The third kappa shape index (κ3) is 3.63. The van der Waals surface area contributed by atoms with Crippen LogP contribution in [0.4, 0.5) is 0 Å². The number of furan rings is 1. The van der Waals surface area contributed by atoms with Crippen LogP contribution in [0, 0.1) is 12.8 Å². The zero-order valence-electron chi connectivity index (χ0n) is 12.9. The Labute approximate surface area is 121 Å². The number of aliphatic hydroxyl groups excluding tert-OH is 1. The Bertz CT molecular complexity index is 541. The largest absolute Gasteiger partial charge is 0.458 e. The van der Waals surface area contributed by atoms with E-state index in [2.05, 4.69) is 26.8 Å². The Morgan fingerprint density at radius 2 is 2.00 bits per heavy atom. The fraction of sp³-hybridized carbons (Fsp3) is 0.556. The van der Waals surface area contributed by atoms with Crippen molar-refractivity contribution in [1.29, 1.82) is 0 Å². The number of unbranched alkanes of at least 4 members (excludes halogenated alkanes) is 1. The van der Waals surface area contributed by atoms with E-state index >= 15 is 0 Å². The summed E-state index contributed by atoms with van der Waals surface area (Å²) < 4.78 is 5.78. The van der Waals surface area contributed by atoms with E-state index in [-0.39, 0.29) is 0 Å². The van der Waals surface area contributed by atoms with Gasteiger partial charge < -0.3 is 9.52 Å². The van der Waals surface area contributed by atoms with Gasteiger partial charge in [0.1, 0.15) is 17.4 Å². The molecule has 0 aliphatic rings. The van der Waals surface area contributed by atoms with Crippen molar-refractivity contribution in [3.05, 3.63) is 35.6 Å². The van der Waals surface area contributed by atoms with Gasteiger partial charge in [0.05, 0.1) is 0 Å². The fourth-order valence-corrected chi connectivity index (χ4v) is 2.76. The van der Waals surface area contributed by atoms with Crippen molar-refractivity contribution in [1.82, 2.24) is 0 Å². The summed E-state index contributed by atoms with van der Waals surface area (Å²) in [5, 5.41) is 11.5. The highest BCUT2D eigenvalue weighted by atomic mass is 16.4. The Hall–Kier alpha value is -1.28. The first-order valence-corrected chi connectivity index (χ1v) is 7.82. The van der Waals surface area contributed by atoms with Crippen molar-refractivity contribution < 1.29 is 9.52 Å². The van der Waals surface area contributed by atoms with E-state index < -0.39 is 6.10 Å². The quantitative estimate of drug-likeness (QED) is 0.735. The molecule has 0 bridgehead atoms. The predicted molar refractivity (Wildman–Crippen MR) is 83.8 cm³/mol. The molecule has 1 N–H and O–H groups in total. The van der Waals surface area contributed by atoms with Gasteiger partial charge in [-0.05, 0) is 37.5 Å². The first-order valence-electron chi connectivity index (χ1n) is 7.82. The molecule has 20 heavy (non-hydrogen) atoms. The smallest absolute Gasteiger partial charge is 0.134 e. The van der Waals surface area contributed by atoms with Crippen LogP contribution in [-0.2, 0) is 0 Å². The van der Waals surface area contributed by atoms with E-state index in [1.54, 1.807) is 0 Å². The number of hydrogen-bond acceptors (Lipinski definition) is 2. The summed E-state index contributed by atoms with van der Waals surface area (Å²) in [5.41, 5.74) is 2.08. The fourth-order valence-electron chi connectivity index (χ4n) is 2.76. The molecular formula is C18H26O2. The molecule has 1 aromatic heterocycles. The van der Waals surface area contributed by atoms with Gasteiger partial charge in [-0.3, -0.25) is 0 Å². The maximum absolute atomic E-state index is 10.4. The Morgan fingerprint density at radius 1 is 1.20 bits per heavy atom. The van der Waals surface area contributed by atoms with Crippen molar-refractivity contribution >= 4 is 11.0 Å². The van der Waals surface area contributed by atoms with Crippen LogP contribution >= 0.6 is 0 Å². The van der Waals surface area contributed by atoms with Crippen LogP contribution in [0.1, 0.15) is 63.4 Å². The molecule has 2 aromatic rings. The van der Waals surface area contributed by atoms with Crippen LogP contribution in [0.3, 0.4) is 0 Å². The number of benzene rings is 1. The first-order chi connectivity index (χ1) is 9.63. The molecule has 1 aromatic carbocycles. The third-order valence-corrected chi connectivity index (χ3v) is 4.12. The second-order valence-corrected chi connectivity index (χ2v) is 5.86. The van der Waals surface area contributed by atoms with Crippen molar-refractivity contribution in [2.75, 3.05) is 0 Å². The van der Waals surface area contributed by atoms with Crippen molar-refractivity contribution in [2.24, 2.45) is 5.92 Å². The SMILES string of the molecule is CCCCC(CC)CC(O)c1cc2cc(C)ccc2o1. The summed E-state index contributed by atoms with van der Waals surface area (Å²) in [6, 6.07) is 8.11. The van der Waals surface area contributed by atoms with Gasteiger partial charge in [-0.1, -0.05) is 51.2 Å². The molecule has 0 saturated heterocycles. The van der Waals surface area contributed by atoms with Gasteiger partial charge in [0.15, 0.2) is 0 Å². The second-order valence-electron chi connectivity index (χ2n) is 5.86. The molecule has 0 radical (unpaired) electrons. The van der Waals surface area contributed by atoms with Crippen LogP contribution in [0.15, 0.2) is 28.7 Å². The van der Waals surface area contributed by atoms with Crippen LogP contribution in [0.5, 0.6) is 0 Å². The number of aliphatic hydroxyl groups is 1. The zero-order chi connectivity index (χ0) is 14.5. The molecule has 2 atom stereocenters. The van der Waals surface area contributed by atoms with E-state index in [4.69, 9.17) is 4.42 Å². The van der Waals surface area contributed by atoms with E-state index in [0.29, 0.717) is 11.7 Å². The average Bonchev–Trinajstić information content (AvgIpc) is 2.86. The molecule has 1 heterocycles. The number of aryl methyl sites for hydroxylation is 1. The van der Waals surface area contributed by atoms with Crippen LogP contribution < -0.4 is 0 Å². The Morgan fingerprint density at radius 3 is 2.70 bits per heavy atom. The van der Waals surface area contributed by atoms with Crippen molar-refractivity contribution in [3.8, 4) is 0 Å². The lowest BCUT2D eigenvalue weighted by atomic mass is 9.92. The molecule has 0 amide bonds. The standard InChI is InChI=1S/C18H26O2/c1-4-6-7-14(5-2)11-16(19)18-12-15-10-13(3)8-9-17(15)20-18/h8-10,12,14,16,19H,4-7,11H2,1-3H3. The van der Waals surface area contributed by atoms with Crippen molar-refractivity contribution in [3.63, 3.8) is 0 Å². The average molecular weight is 274 g/mol. The van der Waals surface area contributed by atoms with Crippen LogP contribution in [0.25, 0.3) is 11.0 Å². The van der Waals surface area contributed by atoms with E-state index in [1.807, 2.05) is 18.2 Å². The molecule has 0 aliphatic carbocycles. The summed E-state index contributed by atoms with van der Waals surface area (Å²) >= 11 is 0. The summed E-state index contributed by atoms with van der Waals surface area (Å²) in [4.78, 5) is 0. The molecule has 2 unspecified atom stereocenters. The summed E-state index contributed by atoms with van der Waals surface area (Å²) in [7, 11) is 0. The van der Waals surface area contributed by atoms with Gasteiger partial charge in [0.2, 0.25) is 0 Å². The van der Waals surface area contributed by atoms with Gasteiger partial charge >= 0.3 is 0 Å². The Kier molecular flexibility index (Phi) is 5.24. The molecule has 0 spiro atoms. The molecular weight excluding hydrogens is 248 g/mol. The number of rotatable bonds is 7. The zero-order valence-corrected chi connectivity index (χ0v) is 12.9. The lowest BCUT2D eigenvalue weighted by Crippen LogP contribution is -2.06. The lowest BCUT2D eigenvalue weighted by Gasteiger charge is -2.17.